The molecular formula is C20H21NO3S. The van der Waals surface area contributed by atoms with Crippen LogP contribution >= 0.6 is 11.8 Å². The minimum atomic E-state index is -0.958. The van der Waals surface area contributed by atoms with Crippen molar-refractivity contribution >= 4 is 29.3 Å². The number of rotatable bonds is 4. The molecule has 0 aromatic heterocycles. The number of carboxylic acids is 1. The number of nitrogens with one attached hydrogen (secondary N) is 1. The number of hydrogen-bond acceptors (Lipinski definition) is 3. The maximum absolute atomic E-state index is 12.7. The fourth-order valence-electron chi connectivity index (χ4n) is 2.91. The number of aliphatic carboxylic acids is 1. The summed E-state index contributed by atoms with van der Waals surface area (Å²) in [5, 5.41) is 12.0. The Hall–Kier alpha value is -2.27. The number of anilines is 1. The van der Waals surface area contributed by atoms with Gasteiger partial charge in [0.1, 0.15) is 5.25 Å². The van der Waals surface area contributed by atoms with E-state index in [0.29, 0.717) is 11.3 Å². The molecule has 130 valence electrons. The Balaban J connectivity index is 1.75. The van der Waals surface area contributed by atoms with Crippen LogP contribution in [0.4, 0.5) is 5.69 Å². The number of carboxylic acid groups (broad SMARTS) is 1. The van der Waals surface area contributed by atoms with E-state index in [0.717, 1.165) is 17.7 Å². The van der Waals surface area contributed by atoms with Crippen molar-refractivity contribution in [2.24, 2.45) is 0 Å². The first kappa shape index (κ1) is 17.5. The zero-order valence-corrected chi connectivity index (χ0v) is 15.1. The van der Waals surface area contributed by atoms with E-state index in [4.69, 9.17) is 0 Å². The van der Waals surface area contributed by atoms with Gasteiger partial charge in [0.05, 0.1) is 5.41 Å². The van der Waals surface area contributed by atoms with Crippen molar-refractivity contribution in [3.8, 4) is 0 Å². The Morgan fingerprint density at radius 1 is 1.12 bits per heavy atom. The van der Waals surface area contributed by atoms with Gasteiger partial charge in [0.2, 0.25) is 5.91 Å². The molecule has 2 N–H and O–H groups in total. The lowest BCUT2D eigenvalue weighted by atomic mass is 9.85. The maximum Gasteiger partial charge on any atom is 0.313 e. The highest BCUT2D eigenvalue weighted by atomic mass is 32.2. The van der Waals surface area contributed by atoms with Crippen LogP contribution in [0, 0.1) is 0 Å². The van der Waals surface area contributed by atoms with Crippen molar-refractivity contribution in [1.82, 2.24) is 0 Å². The molecule has 1 amide bonds. The standard InChI is InChI=1S/C20H21NO3S/c1-20(2,19(23)24)14-7-9-15(10-8-14)21-18(22)17-16-6-4-3-5-13(16)11-12-25-17/h3-10,17H,11-12H2,1-2H3,(H,21,22)(H,23,24). The van der Waals surface area contributed by atoms with Gasteiger partial charge < -0.3 is 10.4 Å². The molecule has 0 aliphatic carbocycles. The lowest BCUT2D eigenvalue weighted by molar-refractivity contribution is -0.142. The Kier molecular flexibility index (Phi) is 4.86. The molecule has 25 heavy (non-hydrogen) atoms. The van der Waals surface area contributed by atoms with Crippen LogP contribution in [0.2, 0.25) is 0 Å². The summed E-state index contributed by atoms with van der Waals surface area (Å²) in [4.78, 5) is 24.0. The van der Waals surface area contributed by atoms with Crippen LogP contribution in [0.1, 0.15) is 35.8 Å². The molecular weight excluding hydrogens is 334 g/mol. The summed E-state index contributed by atoms with van der Waals surface area (Å²) in [5.74, 6) is 0.0165. The van der Waals surface area contributed by atoms with Gasteiger partial charge in [-0.15, -0.1) is 11.8 Å². The molecule has 2 aromatic carbocycles. The zero-order valence-electron chi connectivity index (χ0n) is 14.3. The Morgan fingerprint density at radius 2 is 1.80 bits per heavy atom. The minimum absolute atomic E-state index is 0.0394. The molecule has 1 atom stereocenters. The minimum Gasteiger partial charge on any atom is -0.481 e. The molecule has 0 saturated carbocycles. The summed E-state index contributed by atoms with van der Waals surface area (Å²) in [6.45, 7) is 3.33. The normalized spacial score (nSPS) is 16.8. The van der Waals surface area contributed by atoms with Gasteiger partial charge in [-0.3, -0.25) is 9.59 Å². The second-order valence-corrected chi connectivity index (χ2v) is 7.91. The molecule has 5 heteroatoms. The van der Waals surface area contributed by atoms with Gasteiger partial charge in [-0.1, -0.05) is 36.4 Å². The van der Waals surface area contributed by atoms with Gasteiger partial charge in [0.15, 0.2) is 0 Å². The van der Waals surface area contributed by atoms with Gasteiger partial charge in [0, 0.05) is 5.69 Å². The fourth-order valence-corrected chi connectivity index (χ4v) is 4.11. The van der Waals surface area contributed by atoms with Crippen molar-refractivity contribution < 1.29 is 14.7 Å². The Labute approximate surface area is 151 Å². The van der Waals surface area contributed by atoms with E-state index in [-0.39, 0.29) is 11.2 Å². The largest absolute Gasteiger partial charge is 0.481 e. The molecule has 1 aliphatic rings. The molecule has 3 rings (SSSR count). The first-order chi connectivity index (χ1) is 11.9. The van der Waals surface area contributed by atoms with E-state index in [1.54, 1.807) is 49.9 Å². The van der Waals surface area contributed by atoms with E-state index in [1.165, 1.54) is 5.56 Å². The first-order valence-corrected chi connectivity index (χ1v) is 9.28. The van der Waals surface area contributed by atoms with Gasteiger partial charge >= 0.3 is 5.97 Å². The fraction of sp³-hybridized carbons (Fsp3) is 0.300. The maximum atomic E-state index is 12.7. The number of hydrogen-bond donors (Lipinski definition) is 2. The van der Waals surface area contributed by atoms with E-state index in [2.05, 4.69) is 11.4 Å². The number of aryl methyl sites for hydroxylation is 1. The smallest absolute Gasteiger partial charge is 0.313 e. The number of amides is 1. The van der Waals surface area contributed by atoms with Crippen LogP contribution in [-0.2, 0) is 21.4 Å². The van der Waals surface area contributed by atoms with Crippen LogP contribution in [-0.4, -0.2) is 22.7 Å². The van der Waals surface area contributed by atoms with Crippen molar-refractivity contribution in [2.45, 2.75) is 30.9 Å². The van der Waals surface area contributed by atoms with Crippen molar-refractivity contribution in [1.29, 1.82) is 0 Å². The highest BCUT2D eigenvalue weighted by molar-refractivity contribution is 8.00. The van der Waals surface area contributed by atoms with E-state index in [9.17, 15) is 14.7 Å². The second-order valence-electron chi connectivity index (χ2n) is 6.70. The highest BCUT2D eigenvalue weighted by Gasteiger charge is 2.30. The first-order valence-electron chi connectivity index (χ1n) is 8.24. The topological polar surface area (TPSA) is 66.4 Å². The van der Waals surface area contributed by atoms with Gasteiger partial charge in [-0.2, -0.15) is 0 Å². The molecule has 0 fully saturated rings. The lowest BCUT2D eigenvalue weighted by Crippen LogP contribution is -2.28. The molecule has 0 radical (unpaired) electrons. The Morgan fingerprint density at radius 3 is 2.48 bits per heavy atom. The molecule has 0 spiro atoms. The van der Waals surface area contributed by atoms with Crippen LogP contribution < -0.4 is 5.32 Å². The molecule has 1 aliphatic heterocycles. The number of benzene rings is 2. The van der Waals surface area contributed by atoms with E-state index < -0.39 is 11.4 Å². The molecule has 4 nitrogen and oxygen atoms in total. The number of fused-ring (bicyclic) bond motifs is 1. The predicted molar refractivity (Wildman–Crippen MR) is 101 cm³/mol. The summed E-state index contributed by atoms with van der Waals surface area (Å²) in [6, 6.07) is 15.1. The number of thioether (sulfide) groups is 1. The van der Waals surface area contributed by atoms with Crippen LogP contribution in [0.3, 0.4) is 0 Å². The summed E-state index contributed by atoms with van der Waals surface area (Å²) >= 11 is 1.65. The monoisotopic (exact) mass is 355 g/mol. The summed E-state index contributed by atoms with van der Waals surface area (Å²) < 4.78 is 0. The van der Waals surface area contributed by atoms with E-state index in [1.807, 2.05) is 18.2 Å². The number of carbonyl (C=O) groups excluding carboxylic acids is 1. The third-order valence-electron chi connectivity index (χ3n) is 4.64. The van der Waals surface area contributed by atoms with Crippen molar-refractivity contribution in [3.63, 3.8) is 0 Å². The third-order valence-corrected chi connectivity index (χ3v) is 5.88. The number of carbonyl (C=O) groups is 2. The quantitative estimate of drug-likeness (QED) is 0.869. The average molecular weight is 355 g/mol. The zero-order chi connectivity index (χ0) is 18.0. The molecule has 1 heterocycles. The lowest BCUT2D eigenvalue weighted by Gasteiger charge is -2.24. The van der Waals surface area contributed by atoms with Gasteiger partial charge in [-0.05, 0) is 54.8 Å². The van der Waals surface area contributed by atoms with E-state index >= 15 is 0 Å². The SMILES string of the molecule is CC(C)(C(=O)O)c1ccc(NC(=O)C2SCCc3ccccc32)cc1. The van der Waals surface area contributed by atoms with Crippen molar-refractivity contribution in [2.75, 3.05) is 11.1 Å². The average Bonchev–Trinajstić information content (AvgIpc) is 2.61. The van der Waals surface area contributed by atoms with Gasteiger partial charge in [-0.25, -0.2) is 0 Å². The van der Waals surface area contributed by atoms with Crippen LogP contribution in [0.15, 0.2) is 48.5 Å². The second kappa shape index (κ2) is 6.92. The van der Waals surface area contributed by atoms with Crippen LogP contribution in [0.5, 0.6) is 0 Å². The summed E-state index contributed by atoms with van der Waals surface area (Å²) in [7, 11) is 0. The predicted octanol–water partition coefficient (Wildman–Crippen LogP) is 4.02. The van der Waals surface area contributed by atoms with Crippen LogP contribution in [0.25, 0.3) is 0 Å². The third kappa shape index (κ3) is 3.56. The van der Waals surface area contributed by atoms with Crippen molar-refractivity contribution in [3.05, 3.63) is 65.2 Å². The Bertz CT molecular complexity index is 799. The molecule has 1 unspecified atom stereocenters. The van der Waals surface area contributed by atoms with Gasteiger partial charge in [0.25, 0.3) is 0 Å². The molecule has 2 aromatic rings. The summed E-state index contributed by atoms with van der Waals surface area (Å²) in [5.41, 5.74) is 2.74. The molecule has 0 bridgehead atoms. The highest BCUT2D eigenvalue weighted by Crippen LogP contribution is 2.37. The summed E-state index contributed by atoms with van der Waals surface area (Å²) in [6.07, 6.45) is 0.990. The molecule has 0 saturated heterocycles.